The molecule has 0 bridgehead atoms. The summed E-state index contributed by atoms with van der Waals surface area (Å²) in [6.07, 6.45) is 9.54. The molecule has 0 N–H and O–H groups in total. The van der Waals surface area contributed by atoms with Crippen LogP contribution in [-0.2, 0) is 4.79 Å². The lowest BCUT2D eigenvalue weighted by molar-refractivity contribution is -0.123. The Morgan fingerprint density at radius 2 is 2.11 bits per heavy atom. The maximum Gasteiger partial charge on any atom is 0.137 e. The maximum atomic E-state index is 11.9. The molecule has 0 amide bonds. The normalized spacial score (nSPS) is 29.4. The number of carbonyl (C=O) groups is 1. The summed E-state index contributed by atoms with van der Waals surface area (Å²) >= 11 is 0. The second-order valence-corrected chi connectivity index (χ2v) is 5.68. The minimum Gasteiger partial charge on any atom is -0.300 e. The first-order chi connectivity index (χ1) is 8.83. The maximum absolute atomic E-state index is 11.9. The van der Waals surface area contributed by atoms with Gasteiger partial charge in [-0.3, -0.25) is 9.69 Å². The Balaban J connectivity index is 1.85. The second kappa shape index (κ2) is 6.89. The molecule has 1 aliphatic carbocycles. The number of unbranched alkanes of at least 4 members (excludes halogenated alkanes) is 2. The van der Waals surface area contributed by atoms with Crippen LogP contribution in [0.1, 0.15) is 57.8 Å². The molecule has 2 aliphatic rings. The van der Waals surface area contributed by atoms with Crippen LogP contribution in [0.3, 0.4) is 0 Å². The minimum absolute atomic E-state index is 0.321. The molecule has 1 heterocycles. The molecule has 2 atom stereocenters. The van der Waals surface area contributed by atoms with Crippen LogP contribution in [0, 0.1) is 17.2 Å². The van der Waals surface area contributed by atoms with Gasteiger partial charge in [0, 0.05) is 24.8 Å². The number of carbonyl (C=O) groups excluding carboxylic acids is 1. The van der Waals surface area contributed by atoms with Crippen LogP contribution in [0.5, 0.6) is 0 Å². The quantitative estimate of drug-likeness (QED) is 0.703. The Bertz CT molecular complexity index is 321. The van der Waals surface area contributed by atoms with Gasteiger partial charge in [0.05, 0.1) is 6.07 Å². The molecule has 18 heavy (non-hydrogen) atoms. The summed E-state index contributed by atoms with van der Waals surface area (Å²) in [7, 11) is 0. The van der Waals surface area contributed by atoms with E-state index in [2.05, 4.69) is 11.0 Å². The van der Waals surface area contributed by atoms with Crippen molar-refractivity contribution in [2.45, 2.75) is 63.8 Å². The van der Waals surface area contributed by atoms with Crippen molar-refractivity contribution in [3.8, 4) is 6.07 Å². The van der Waals surface area contributed by atoms with Gasteiger partial charge < -0.3 is 0 Å². The van der Waals surface area contributed by atoms with E-state index in [1.54, 1.807) is 0 Å². The topological polar surface area (TPSA) is 44.1 Å². The number of hydrogen-bond acceptors (Lipinski definition) is 3. The van der Waals surface area contributed by atoms with Gasteiger partial charge in [0.15, 0.2) is 0 Å². The zero-order valence-electron chi connectivity index (χ0n) is 11.2. The smallest absolute Gasteiger partial charge is 0.137 e. The van der Waals surface area contributed by atoms with Gasteiger partial charge in [-0.1, -0.05) is 6.42 Å². The van der Waals surface area contributed by atoms with E-state index in [0.29, 0.717) is 24.2 Å². The third-order valence-electron chi connectivity index (χ3n) is 4.46. The molecular formula is C15H24N2O. The van der Waals surface area contributed by atoms with E-state index in [0.717, 1.165) is 45.2 Å². The molecule has 0 aromatic rings. The average Bonchev–Trinajstić information content (AvgIpc) is 2.81. The Hall–Kier alpha value is -0.880. The monoisotopic (exact) mass is 248 g/mol. The molecule has 1 aliphatic heterocycles. The van der Waals surface area contributed by atoms with Crippen molar-refractivity contribution in [1.29, 1.82) is 5.26 Å². The zero-order chi connectivity index (χ0) is 12.8. The molecule has 0 spiro atoms. The van der Waals surface area contributed by atoms with E-state index in [4.69, 9.17) is 5.26 Å². The fourth-order valence-electron chi connectivity index (χ4n) is 3.52. The Kier molecular flexibility index (Phi) is 5.19. The van der Waals surface area contributed by atoms with Gasteiger partial charge in [0.2, 0.25) is 0 Å². The molecule has 3 nitrogen and oxygen atoms in total. The molecular weight excluding hydrogens is 224 g/mol. The van der Waals surface area contributed by atoms with Crippen molar-refractivity contribution in [3.05, 3.63) is 0 Å². The van der Waals surface area contributed by atoms with Gasteiger partial charge in [0.1, 0.15) is 5.78 Å². The van der Waals surface area contributed by atoms with Crippen LogP contribution in [0.15, 0.2) is 0 Å². The number of Topliss-reactive ketones (excluding diaryl/α,β-unsaturated/α-hetero) is 1. The molecule has 1 saturated heterocycles. The SMILES string of the molecule is N#CCCCCN1CCCCC1C1CCCC1=O. The molecule has 0 aromatic carbocycles. The number of ketones is 1. The summed E-state index contributed by atoms with van der Waals surface area (Å²) in [6.45, 7) is 2.23. The number of piperidine rings is 1. The van der Waals surface area contributed by atoms with E-state index >= 15 is 0 Å². The first kappa shape index (κ1) is 13.5. The number of hydrogen-bond donors (Lipinski definition) is 0. The van der Waals surface area contributed by atoms with Gasteiger partial charge >= 0.3 is 0 Å². The van der Waals surface area contributed by atoms with Crippen molar-refractivity contribution in [3.63, 3.8) is 0 Å². The predicted molar refractivity (Wildman–Crippen MR) is 71.0 cm³/mol. The molecule has 3 heteroatoms. The van der Waals surface area contributed by atoms with E-state index < -0.39 is 0 Å². The number of nitrogens with zero attached hydrogens (tertiary/aromatic N) is 2. The highest BCUT2D eigenvalue weighted by molar-refractivity contribution is 5.83. The summed E-state index contributed by atoms with van der Waals surface area (Å²) in [5, 5.41) is 8.55. The molecule has 1 saturated carbocycles. The number of rotatable bonds is 5. The molecule has 2 fully saturated rings. The summed E-state index contributed by atoms with van der Waals surface area (Å²) in [5.41, 5.74) is 0. The van der Waals surface area contributed by atoms with Gasteiger partial charge in [-0.2, -0.15) is 5.26 Å². The first-order valence-electron chi connectivity index (χ1n) is 7.46. The van der Waals surface area contributed by atoms with E-state index in [9.17, 15) is 4.79 Å². The predicted octanol–water partition coefficient (Wildman–Crippen LogP) is 2.90. The fourth-order valence-corrected chi connectivity index (χ4v) is 3.52. The lowest BCUT2D eigenvalue weighted by Gasteiger charge is -2.38. The molecule has 0 radical (unpaired) electrons. The van der Waals surface area contributed by atoms with Crippen molar-refractivity contribution in [1.82, 2.24) is 4.90 Å². The van der Waals surface area contributed by atoms with Crippen molar-refractivity contribution in [2.24, 2.45) is 5.92 Å². The van der Waals surface area contributed by atoms with Crippen LogP contribution in [0.2, 0.25) is 0 Å². The lowest BCUT2D eigenvalue weighted by atomic mass is 9.88. The first-order valence-corrected chi connectivity index (χ1v) is 7.46. The number of likely N-dealkylation sites (tertiary alicyclic amines) is 1. The number of nitriles is 1. The van der Waals surface area contributed by atoms with Crippen LogP contribution < -0.4 is 0 Å². The van der Waals surface area contributed by atoms with Crippen molar-refractivity contribution < 1.29 is 4.79 Å². The third-order valence-corrected chi connectivity index (χ3v) is 4.46. The van der Waals surface area contributed by atoms with Gasteiger partial charge in [0.25, 0.3) is 0 Å². The van der Waals surface area contributed by atoms with Crippen LogP contribution in [0.4, 0.5) is 0 Å². The Labute approximate surface area is 110 Å². The van der Waals surface area contributed by atoms with Crippen molar-refractivity contribution >= 4 is 5.78 Å². The molecule has 0 aromatic heterocycles. The van der Waals surface area contributed by atoms with Crippen LogP contribution >= 0.6 is 0 Å². The highest BCUT2D eigenvalue weighted by atomic mass is 16.1. The minimum atomic E-state index is 0.321. The largest absolute Gasteiger partial charge is 0.300 e. The van der Waals surface area contributed by atoms with Gasteiger partial charge in [-0.05, 0) is 51.6 Å². The van der Waals surface area contributed by atoms with E-state index in [1.807, 2.05) is 0 Å². The Morgan fingerprint density at radius 1 is 1.22 bits per heavy atom. The van der Waals surface area contributed by atoms with E-state index in [1.165, 1.54) is 19.3 Å². The second-order valence-electron chi connectivity index (χ2n) is 5.68. The summed E-state index contributed by atoms with van der Waals surface area (Å²) < 4.78 is 0. The van der Waals surface area contributed by atoms with Crippen molar-refractivity contribution in [2.75, 3.05) is 13.1 Å². The van der Waals surface area contributed by atoms with Gasteiger partial charge in [-0.15, -0.1) is 0 Å². The zero-order valence-corrected chi connectivity index (χ0v) is 11.2. The molecule has 100 valence electrons. The highest BCUT2D eigenvalue weighted by Crippen LogP contribution is 2.32. The summed E-state index contributed by atoms with van der Waals surface area (Å²) in [6, 6.07) is 2.72. The standard InChI is InChI=1S/C15H24N2O/c16-10-3-1-4-11-17-12-5-2-8-14(17)13-7-6-9-15(13)18/h13-14H,1-9,11-12H2. The lowest BCUT2D eigenvalue weighted by Crippen LogP contribution is -2.45. The van der Waals surface area contributed by atoms with Crippen LogP contribution in [-0.4, -0.2) is 29.8 Å². The molecule has 2 rings (SSSR count). The van der Waals surface area contributed by atoms with E-state index in [-0.39, 0.29) is 0 Å². The summed E-state index contributed by atoms with van der Waals surface area (Å²) in [5.74, 6) is 0.824. The summed E-state index contributed by atoms with van der Waals surface area (Å²) in [4.78, 5) is 14.5. The van der Waals surface area contributed by atoms with Crippen LogP contribution in [0.25, 0.3) is 0 Å². The highest BCUT2D eigenvalue weighted by Gasteiger charge is 2.36. The third kappa shape index (κ3) is 3.32. The molecule has 2 unspecified atom stereocenters. The average molecular weight is 248 g/mol. The Morgan fingerprint density at radius 3 is 2.83 bits per heavy atom. The van der Waals surface area contributed by atoms with Gasteiger partial charge in [-0.25, -0.2) is 0 Å². The fraction of sp³-hybridized carbons (Fsp3) is 0.867.